The van der Waals surface area contributed by atoms with E-state index in [1.807, 2.05) is 63.2 Å². The van der Waals surface area contributed by atoms with Crippen LogP contribution in [0.1, 0.15) is 28.5 Å². The number of carbonyl (C=O) groups excluding carboxylic acids is 1. The predicted molar refractivity (Wildman–Crippen MR) is 116 cm³/mol. The largest absolute Gasteiger partial charge is 0.494 e. The van der Waals surface area contributed by atoms with Gasteiger partial charge in [0.05, 0.1) is 17.7 Å². The molecule has 3 rings (SSSR count). The molecule has 0 fully saturated rings. The minimum Gasteiger partial charge on any atom is -0.494 e. The fraction of sp³-hybridized carbons (Fsp3) is 0.190. The van der Waals surface area contributed by atoms with Crippen LogP contribution in [0.15, 0.2) is 48.5 Å². The van der Waals surface area contributed by atoms with Gasteiger partial charge in [0, 0.05) is 16.8 Å². The number of benzene rings is 2. The molecule has 2 aromatic carbocycles. The fourth-order valence-corrected chi connectivity index (χ4v) is 3.02. The molecule has 144 valence electrons. The summed E-state index contributed by atoms with van der Waals surface area (Å²) in [5, 5.41) is 4.10. The van der Waals surface area contributed by atoms with Crippen LogP contribution in [0.4, 0.5) is 5.69 Å². The number of nitrogens with zero attached hydrogens (tertiary/aromatic N) is 1. The van der Waals surface area contributed by atoms with E-state index in [-0.39, 0.29) is 11.0 Å². The Hall–Kier alpha value is -3.19. The summed E-state index contributed by atoms with van der Waals surface area (Å²) in [6, 6.07) is 14.9. The molecule has 0 unspecified atom stereocenters. The number of hydrogen-bond donors (Lipinski definition) is 3. The highest BCUT2D eigenvalue weighted by molar-refractivity contribution is 7.80. The summed E-state index contributed by atoms with van der Waals surface area (Å²) in [4.78, 5) is 17.2. The minimum absolute atomic E-state index is 0.281. The van der Waals surface area contributed by atoms with Gasteiger partial charge in [-0.1, -0.05) is 18.2 Å². The number of ether oxygens (including phenoxy) is 1. The van der Waals surface area contributed by atoms with Gasteiger partial charge in [-0.3, -0.25) is 20.6 Å². The number of rotatable bonds is 4. The number of amides is 1. The number of hydrogen-bond acceptors (Lipinski definition) is 4. The second kappa shape index (κ2) is 8.67. The first-order chi connectivity index (χ1) is 13.5. The Bertz CT molecular complexity index is 1020. The van der Waals surface area contributed by atoms with Crippen molar-refractivity contribution >= 4 is 39.8 Å². The molecule has 0 saturated heterocycles. The summed E-state index contributed by atoms with van der Waals surface area (Å²) in [7, 11) is 0. The Kier molecular flexibility index (Phi) is 6.06. The quantitative estimate of drug-likeness (QED) is 0.461. The third-order valence-corrected chi connectivity index (χ3v) is 4.33. The average molecular weight is 395 g/mol. The third kappa shape index (κ3) is 4.55. The first kappa shape index (κ1) is 19.6. The maximum atomic E-state index is 12.7. The molecular weight excluding hydrogens is 372 g/mol. The lowest BCUT2D eigenvalue weighted by atomic mass is 10.0. The Morgan fingerprint density at radius 3 is 2.57 bits per heavy atom. The third-order valence-electron chi connectivity index (χ3n) is 4.13. The normalized spacial score (nSPS) is 10.4. The average Bonchev–Trinajstić information content (AvgIpc) is 2.68. The second-order valence-corrected chi connectivity index (χ2v) is 6.68. The molecule has 6 nitrogen and oxygen atoms in total. The van der Waals surface area contributed by atoms with E-state index in [0.717, 1.165) is 33.6 Å². The van der Waals surface area contributed by atoms with Crippen molar-refractivity contribution in [2.24, 2.45) is 0 Å². The van der Waals surface area contributed by atoms with Gasteiger partial charge in [0.25, 0.3) is 5.91 Å². The highest BCUT2D eigenvalue weighted by Crippen LogP contribution is 2.21. The Morgan fingerprint density at radius 1 is 1.11 bits per heavy atom. The standard InChI is InChI=1S/C21H22N4O2S/c1-4-27-16-10-8-15(9-11-16)23-21(28)25-24-20(26)18-12-14(3)22-19-13(2)6-5-7-17(18)19/h5-12H,4H2,1-3H3,(H,24,26)(H2,23,25,28). The van der Waals surface area contributed by atoms with Crippen molar-refractivity contribution in [2.75, 3.05) is 11.9 Å². The van der Waals surface area contributed by atoms with Crippen molar-refractivity contribution in [1.29, 1.82) is 0 Å². The number of pyridine rings is 1. The van der Waals surface area contributed by atoms with Crippen LogP contribution < -0.4 is 20.9 Å². The van der Waals surface area contributed by atoms with E-state index in [0.29, 0.717) is 12.2 Å². The summed E-state index contributed by atoms with van der Waals surface area (Å²) >= 11 is 5.25. The number of aromatic nitrogens is 1. The van der Waals surface area contributed by atoms with Crippen LogP contribution in [0.25, 0.3) is 10.9 Å². The van der Waals surface area contributed by atoms with Crippen LogP contribution in [0, 0.1) is 13.8 Å². The number of fused-ring (bicyclic) bond motifs is 1. The molecule has 0 aliphatic carbocycles. The zero-order valence-electron chi connectivity index (χ0n) is 16.0. The highest BCUT2D eigenvalue weighted by Gasteiger charge is 2.13. The number of anilines is 1. The van der Waals surface area contributed by atoms with Gasteiger partial charge < -0.3 is 10.1 Å². The molecule has 1 amide bonds. The molecule has 1 aromatic heterocycles. The maximum absolute atomic E-state index is 12.7. The first-order valence-electron chi connectivity index (χ1n) is 8.95. The summed E-state index contributed by atoms with van der Waals surface area (Å²) in [6.07, 6.45) is 0. The molecule has 28 heavy (non-hydrogen) atoms. The minimum atomic E-state index is -0.281. The lowest BCUT2D eigenvalue weighted by Crippen LogP contribution is -2.43. The second-order valence-electron chi connectivity index (χ2n) is 6.27. The van der Waals surface area contributed by atoms with Crippen molar-refractivity contribution in [3.63, 3.8) is 0 Å². The number of aryl methyl sites for hydroxylation is 2. The molecule has 0 atom stereocenters. The molecule has 0 aliphatic rings. The van der Waals surface area contributed by atoms with E-state index in [9.17, 15) is 4.79 Å². The van der Waals surface area contributed by atoms with Crippen molar-refractivity contribution < 1.29 is 9.53 Å². The first-order valence-corrected chi connectivity index (χ1v) is 9.36. The zero-order valence-corrected chi connectivity index (χ0v) is 16.8. The number of carbonyl (C=O) groups is 1. The zero-order chi connectivity index (χ0) is 20.1. The Labute approximate surface area is 169 Å². The topological polar surface area (TPSA) is 75.3 Å². The molecule has 3 aromatic rings. The van der Waals surface area contributed by atoms with Gasteiger partial charge in [0.15, 0.2) is 5.11 Å². The smallest absolute Gasteiger partial charge is 0.270 e. The van der Waals surface area contributed by atoms with E-state index >= 15 is 0 Å². The summed E-state index contributed by atoms with van der Waals surface area (Å²) in [6.45, 7) is 6.39. The molecule has 0 spiro atoms. The molecule has 7 heteroatoms. The molecule has 0 radical (unpaired) electrons. The lowest BCUT2D eigenvalue weighted by Gasteiger charge is -2.14. The molecule has 0 bridgehead atoms. The molecule has 0 saturated carbocycles. The van der Waals surface area contributed by atoms with Crippen molar-refractivity contribution in [1.82, 2.24) is 15.8 Å². The van der Waals surface area contributed by atoms with Crippen molar-refractivity contribution in [2.45, 2.75) is 20.8 Å². The Morgan fingerprint density at radius 2 is 1.86 bits per heavy atom. The summed E-state index contributed by atoms with van der Waals surface area (Å²) in [5.74, 6) is 0.507. The van der Waals surface area contributed by atoms with Crippen LogP contribution in [-0.4, -0.2) is 22.6 Å². The number of thiocarbonyl (C=S) groups is 1. The van der Waals surface area contributed by atoms with Gasteiger partial charge in [-0.25, -0.2) is 0 Å². The lowest BCUT2D eigenvalue weighted by molar-refractivity contribution is 0.0945. The SMILES string of the molecule is CCOc1ccc(NC(=S)NNC(=O)c2cc(C)nc3c(C)cccc23)cc1. The van der Waals surface area contributed by atoms with Crippen LogP contribution in [0.3, 0.4) is 0 Å². The van der Waals surface area contributed by atoms with E-state index in [2.05, 4.69) is 21.2 Å². The number of hydrazine groups is 1. The fourth-order valence-electron chi connectivity index (χ4n) is 2.85. The van der Waals surface area contributed by atoms with Gasteiger partial charge in [-0.05, 0) is 68.9 Å². The van der Waals surface area contributed by atoms with Gasteiger partial charge in [-0.2, -0.15) is 0 Å². The number of para-hydroxylation sites is 1. The van der Waals surface area contributed by atoms with Gasteiger partial charge in [-0.15, -0.1) is 0 Å². The van der Waals surface area contributed by atoms with Gasteiger partial charge in [0.2, 0.25) is 0 Å². The molecule has 1 heterocycles. The van der Waals surface area contributed by atoms with E-state index in [1.54, 1.807) is 6.07 Å². The molecule has 3 N–H and O–H groups in total. The van der Waals surface area contributed by atoms with Crippen LogP contribution >= 0.6 is 12.2 Å². The van der Waals surface area contributed by atoms with Crippen LogP contribution in [0.5, 0.6) is 5.75 Å². The van der Waals surface area contributed by atoms with Crippen LogP contribution in [0.2, 0.25) is 0 Å². The number of nitrogens with one attached hydrogen (secondary N) is 3. The predicted octanol–water partition coefficient (Wildman–Crippen LogP) is 3.88. The van der Waals surface area contributed by atoms with Gasteiger partial charge >= 0.3 is 0 Å². The summed E-state index contributed by atoms with van der Waals surface area (Å²) in [5.41, 5.74) is 9.34. The van der Waals surface area contributed by atoms with Crippen molar-refractivity contribution in [3.8, 4) is 5.75 Å². The summed E-state index contributed by atoms with van der Waals surface area (Å²) < 4.78 is 5.41. The van der Waals surface area contributed by atoms with Gasteiger partial charge in [0.1, 0.15) is 5.75 Å². The highest BCUT2D eigenvalue weighted by atomic mass is 32.1. The van der Waals surface area contributed by atoms with E-state index in [1.165, 1.54) is 0 Å². The molecular formula is C21H22N4O2S. The molecule has 0 aliphatic heterocycles. The Balaban J connectivity index is 1.66. The van der Waals surface area contributed by atoms with Crippen molar-refractivity contribution in [3.05, 3.63) is 65.4 Å². The maximum Gasteiger partial charge on any atom is 0.270 e. The monoisotopic (exact) mass is 394 g/mol. The van der Waals surface area contributed by atoms with E-state index < -0.39 is 0 Å². The van der Waals surface area contributed by atoms with E-state index in [4.69, 9.17) is 17.0 Å². The van der Waals surface area contributed by atoms with Crippen LogP contribution in [-0.2, 0) is 0 Å².